The van der Waals surface area contributed by atoms with Crippen LogP contribution < -0.4 is 10.6 Å². The quantitative estimate of drug-likeness (QED) is 0.483. The average molecular weight is 550 g/mol. The molecule has 1 aliphatic heterocycles. The third-order valence-electron chi connectivity index (χ3n) is 7.03. The first-order valence-electron chi connectivity index (χ1n) is 12.4. The lowest BCUT2D eigenvalue weighted by Crippen LogP contribution is -2.46. The maximum atomic E-state index is 13.8. The standard InChI is InChI=1S/C25H27ClF3N7O2/c1-34-20(18-14-36(13-15-3-2-4-15)33-21(18)25(27,28)29)12-31-22(34)23(37)32-16-5-6-17(19(26)11-16)24(38)35-9-7-30-8-10-35/h5-6,11-12,14-15,30H,2-4,7-10,13H2,1H3,(H,32,37). The number of hydrogen-bond donors (Lipinski definition) is 2. The van der Waals surface area contributed by atoms with Gasteiger partial charge in [0.1, 0.15) is 0 Å². The minimum atomic E-state index is -4.66. The second kappa shape index (κ2) is 10.4. The molecule has 0 atom stereocenters. The Morgan fingerprint density at radius 1 is 1.21 bits per heavy atom. The maximum Gasteiger partial charge on any atom is 0.435 e. The largest absolute Gasteiger partial charge is 0.435 e. The lowest BCUT2D eigenvalue weighted by molar-refractivity contribution is -0.141. The summed E-state index contributed by atoms with van der Waals surface area (Å²) >= 11 is 6.35. The highest BCUT2D eigenvalue weighted by Crippen LogP contribution is 2.37. The Morgan fingerprint density at radius 2 is 1.95 bits per heavy atom. The van der Waals surface area contributed by atoms with Gasteiger partial charge < -0.3 is 20.1 Å². The molecule has 0 bridgehead atoms. The minimum absolute atomic E-state index is 0.0861. The Hall–Kier alpha value is -3.38. The molecule has 5 rings (SSSR count). The van der Waals surface area contributed by atoms with Crippen LogP contribution in [0, 0.1) is 5.92 Å². The van der Waals surface area contributed by atoms with E-state index in [0.29, 0.717) is 49.9 Å². The Kier molecular flexibility index (Phi) is 7.19. The summed E-state index contributed by atoms with van der Waals surface area (Å²) in [7, 11) is 1.48. The number of amides is 2. The lowest BCUT2D eigenvalue weighted by atomic mass is 9.85. The molecule has 0 radical (unpaired) electrons. The predicted molar refractivity (Wildman–Crippen MR) is 135 cm³/mol. The molecule has 2 fully saturated rings. The smallest absolute Gasteiger partial charge is 0.336 e. The lowest BCUT2D eigenvalue weighted by Gasteiger charge is -2.27. The summed E-state index contributed by atoms with van der Waals surface area (Å²) in [4.78, 5) is 31.5. The Morgan fingerprint density at radius 3 is 2.58 bits per heavy atom. The fourth-order valence-corrected chi connectivity index (χ4v) is 4.98. The van der Waals surface area contributed by atoms with Gasteiger partial charge in [-0.1, -0.05) is 18.0 Å². The van der Waals surface area contributed by atoms with Crippen molar-refractivity contribution in [2.45, 2.75) is 32.0 Å². The monoisotopic (exact) mass is 549 g/mol. The van der Waals surface area contributed by atoms with Gasteiger partial charge in [-0.3, -0.25) is 14.3 Å². The summed E-state index contributed by atoms with van der Waals surface area (Å²) in [6.07, 6.45) is 0.965. The number of hydrogen-bond acceptors (Lipinski definition) is 5. The zero-order valence-corrected chi connectivity index (χ0v) is 21.4. The van der Waals surface area contributed by atoms with E-state index in [9.17, 15) is 22.8 Å². The number of nitrogens with one attached hydrogen (secondary N) is 2. The van der Waals surface area contributed by atoms with Crippen molar-refractivity contribution < 1.29 is 22.8 Å². The van der Waals surface area contributed by atoms with Gasteiger partial charge in [-0.25, -0.2) is 4.98 Å². The minimum Gasteiger partial charge on any atom is -0.336 e. The van der Waals surface area contributed by atoms with E-state index in [1.807, 2.05) is 0 Å². The Balaban J connectivity index is 1.34. The first kappa shape index (κ1) is 26.2. The molecule has 3 aromatic rings. The van der Waals surface area contributed by atoms with E-state index < -0.39 is 17.8 Å². The van der Waals surface area contributed by atoms with Gasteiger partial charge in [0.15, 0.2) is 11.5 Å². The fraction of sp³-hybridized carbons (Fsp3) is 0.440. The van der Waals surface area contributed by atoms with Crippen molar-refractivity contribution in [3.63, 3.8) is 0 Å². The summed E-state index contributed by atoms with van der Waals surface area (Å²) in [5.41, 5.74) is -0.375. The van der Waals surface area contributed by atoms with E-state index in [0.717, 1.165) is 19.3 Å². The third-order valence-corrected chi connectivity index (χ3v) is 7.34. The molecule has 13 heteroatoms. The molecular weight excluding hydrogens is 523 g/mol. The SMILES string of the molecule is Cn1c(-c2cn(CC3CCC3)nc2C(F)(F)F)cnc1C(=O)Nc1ccc(C(=O)N2CCNCC2)c(Cl)c1. The second-order valence-electron chi connectivity index (χ2n) is 9.63. The van der Waals surface area contributed by atoms with Crippen molar-refractivity contribution in [3.05, 3.63) is 52.7 Å². The van der Waals surface area contributed by atoms with Crippen LogP contribution in [0.2, 0.25) is 5.02 Å². The fourth-order valence-electron chi connectivity index (χ4n) is 4.71. The molecule has 0 unspecified atom stereocenters. The van der Waals surface area contributed by atoms with Crippen LogP contribution in [0.4, 0.5) is 18.9 Å². The number of nitrogens with zero attached hydrogens (tertiary/aromatic N) is 5. The molecule has 1 saturated carbocycles. The molecule has 9 nitrogen and oxygen atoms in total. The van der Waals surface area contributed by atoms with E-state index in [2.05, 4.69) is 20.7 Å². The van der Waals surface area contributed by atoms with Crippen molar-refractivity contribution in [1.29, 1.82) is 0 Å². The van der Waals surface area contributed by atoms with Crippen molar-refractivity contribution >= 4 is 29.1 Å². The molecule has 3 heterocycles. The number of anilines is 1. The maximum absolute atomic E-state index is 13.8. The summed E-state index contributed by atoms with van der Waals surface area (Å²) < 4.78 is 44.0. The predicted octanol–water partition coefficient (Wildman–Crippen LogP) is 4.05. The van der Waals surface area contributed by atoms with E-state index in [-0.39, 0.29) is 28.0 Å². The summed E-state index contributed by atoms with van der Waals surface area (Å²) in [6.45, 7) is 2.97. The van der Waals surface area contributed by atoms with Gasteiger partial charge in [-0.2, -0.15) is 18.3 Å². The summed E-state index contributed by atoms with van der Waals surface area (Å²) in [5.74, 6) is -0.591. The number of carbonyl (C=O) groups excluding carboxylic acids is 2. The van der Waals surface area contributed by atoms with Gasteiger partial charge in [0, 0.05) is 51.7 Å². The van der Waals surface area contributed by atoms with Crippen molar-refractivity contribution in [3.8, 4) is 11.3 Å². The number of benzene rings is 1. The highest BCUT2D eigenvalue weighted by Gasteiger charge is 2.39. The third kappa shape index (κ3) is 5.28. The number of piperazine rings is 1. The van der Waals surface area contributed by atoms with Crippen LogP contribution in [0.25, 0.3) is 11.3 Å². The highest BCUT2D eigenvalue weighted by atomic mass is 35.5. The van der Waals surface area contributed by atoms with E-state index in [1.54, 1.807) is 11.0 Å². The number of rotatable bonds is 6. The van der Waals surface area contributed by atoms with E-state index in [4.69, 9.17) is 11.6 Å². The molecular formula is C25H27ClF3N7O2. The number of halogens is 4. The van der Waals surface area contributed by atoms with Crippen molar-refractivity contribution in [2.24, 2.45) is 13.0 Å². The van der Waals surface area contributed by atoms with Gasteiger partial charge >= 0.3 is 6.18 Å². The zero-order chi connectivity index (χ0) is 27.0. The first-order chi connectivity index (χ1) is 18.1. The van der Waals surface area contributed by atoms with Crippen LogP contribution in [-0.4, -0.2) is 62.2 Å². The number of aromatic nitrogens is 4. The number of carbonyl (C=O) groups is 2. The summed E-state index contributed by atoms with van der Waals surface area (Å²) in [5, 5.41) is 9.83. The van der Waals surface area contributed by atoms with Crippen molar-refractivity contribution in [1.82, 2.24) is 29.5 Å². The van der Waals surface area contributed by atoms with Crippen LogP contribution in [0.1, 0.15) is 45.9 Å². The van der Waals surface area contributed by atoms with Crippen LogP contribution in [0.5, 0.6) is 0 Å². The normalized spacial score (nSPS) is 16.4. The Labute approximate surface area is 222 Å². The zero-order valence-electron chi connectivity index (χ0n) is 20.7. The van der Waals surface area contributed by atoms with Gasteiger partial charge in [0.2, 0.25) is 0 Å². The summed E-state index contributed by atoms with van der Waals surface area (Å²) in [6, 6.07) is 4.55. The highest BCUT2D eigenvalue weighted by molar-refractivity contribution is 6.34. The number of alkyl halides is 3. The molecule has 2 aromatic heterocycles. The Bertz CT molecular complexity index is 1360. The van der Waals surface area contributed by atoms with Gasteiger partial charge in [0.05, 0.1) is 28.0 Å². The molecule has 0 spiro atoms. The van der Waals surface area contributed by atoms with Crippen LogP contribution in [0.3, 0.4) is 0 Å². The molecule has 2 aliphatic rings. The molecule has 38 heavy (non-hydrogen) atoms. The molecule has 202 valence electrons. The molecule has 1 aliphatic carbocycles. The molecule has 2 N–H and O–H groups in total. The van der Waals surface area contributed by atoms with Gasteiger partial charge in [0.25, 0.3) is 11.8 Å². The van der Waals surface area contributed by atoms with Crippen LogP contribution in [-0.2, 0) is 19.8 Å². The van der Waals surface area contributed by atoms with Gasteiger partial charge in [-0.15, -0.1) is 0 Å². The van der Waals surface area contributed by atoms with Gasteiger partial charge in [-0.05, 0) is 37.0 Å². The van der Waals surface area contributed by atoms with Crippen LogP contribution >= 0.6 is 11.6 Å². The van der Waals surface area contributed by atoms with E-state index in [1.165, 1.54) is 40.8 Å². The molecule has 1 saturated heterocycles. The molecule has 1 aromatic carbocycles. The topological polar surface area (TPSA) is 97.1 Å². The average Bonchev–Trinajstić information content (AvgIpc) is 3.45. The van der Waals surface area contributed by atoms with Crippen LogP contribution in [0.15, 0.2) is 30.6 Å². The first-order valence-corrected chi connectivity index (χ1v) is 12.8. The van der Waals surface area contributed by atoms with E-state index >= 15 is 0 Å². The number of imidazole rings is 1. The molecule has 2 amide bonds. The second-order valence-corrected chi connectivity index (χ2v) is 10.0. The van der Waals surface area contributed by atoms with Crippen molar-refractivity contribution in [2.75, 3.05) is 31.5 Å².